The van der Waals surface area contributed by atoms with Crippen molar-refractivity contribution in [3.05, 3.63) is 0 Å². The van der Waals surface area contributed by atoms with E-state index >= 15 is 0 Å². The van der Waals surface area contributed by atoms with E-state index < -0.39 is 23.9 Å². The van der Waals surface area contributed by atoms with Crippen LogP contribution in [-0.2, 0) is 19.2 Å². The normalized spacial score (nSPS) is 8.36. The molecular weight excluding hydrogens is 321 g/mol. The maximum Gasteiger partial charge on any atom is 2.00 e. The molecule has 0 unspecified atom stereocenters. The Hall–Kier alpha value is -0.588. The second-order valence-corrected chi connectivity index (χ2v) is 3.90. The van der Waals surface area contributed by atoms with Gasteiger partial charge in [-0.25, -0.2) is 0 Å². The quantitative estimate of drug-likeness (QED) is 0.284. The average Bonchev–Trinajstić information content (AvgIpc) is 2.30. The van der Waals surface area contributed by atoms with Crippen molar-refractivity contribution in [2.45, 2.75) is 51.4 Å². The Kier molecular flexibility index (Phi) is 27.3. The average molecular weight is 337 g/mol. The molecular formula is C12H16Mg2O8. The van der Waals surface area contributed by atoms with Crippen molar-refractivity contribution >= 4 is 70.0 Å². The molecule has 8 nitrogen and oxygen atoms in total. The van der Waals surface area contributed by atoms with Gasteiger partial charge in [0, 0.05) is 23.9 Å². The molecule has 0 atom stereocenters. The van der Waals surface area contributed by atoms with Gasteiger partial charge >= 0.3 is 46.1 Å². The molecule has 0 spiro atoms. The molecule has 0 aliphatic heterocycles. The Morgan fingerprint density at radius 2 is 0.591 bits per heavy atom. The molecule has 0 aromatic carbocycles. The van der Waals surface area contributed by atoms with Gasteiger partial charge < -0.3 is 39.6 Å². The number of carboxylic acids is 4. The number of carboxylic acid groups (broad SMARTS) is 4. The first-order chi connectivity index (χ1) is 9.25. The minimum Gasteiger partial charge on any atom is -0.550 e. The van der Waals surface area contributed by atoms with Crippen LogP contribution in [0, 0.1) is 0 Å². The van der Waals surface area contributed by atoms with Crippen LogP contribution in [0.5, 0.6) is 0 Å². The first-order valence-corrected chi connectivity index (χ1v) is 6.05. The smallest absolute Gasteiger partial charge is 0.550 e. The van der Waals surface area contributed by atoms with E-state index in [2.05, 4.69) is 0 Å². The summed E-state index contributed by atoms with van der Waals surface area (Å²) in [6.45, 7) is 0. The summed E-state index contributed by atoms with van der Waals surface area (Å²) in [5.74, 6) is -4.56. The van der Waals surface area contributed by atoms with Crippen molar-refractivity contribution in [3.8, 4) is 0 Å². The molecule has 0 amide bonds. The predicted octanol–water partition coefficient (Wildman–Crippen LogP) is -4.67. The fraction of sp³-hybridized carbons (Fsp3) is 0.667. The number of carbonyl (C=O) groups excluding carboxylic acids is 4. The molecule has 10 heteroatoms. The Balaban J connectivity index is -0.000000135. The summed E-state index contributed by atoms with van der Waals surface area (Å²) in [5, 5.41) is 39.1. The first kappa shape index (κ1) is 29.4. The van der Waals surface area contributed by atoms with Crippen molar-refractivity contribution in [2.75, 3.05) is 0 Å². The number of aliphatic carboxylic acids is 4. The second-order valence-electron chi connectivity index (χ2n) is 3.90. The third-order valence-electron chi connectivity index (χ3n) is 2.02. The molecule has 0 aromatic rings. The van der Waals surface area contributed by atoms with Gasteiger partial charge in [-0.1, -0.05) is 0 Å². The van der Waals surface area contributed by atoms with Gasteiger partial charge in [0.15, 0.2) is 0 Å². The molecule has 0 heterocycles. The van der Waals surface area contributed by atoms with E-state index in [1.165, 1.54) is 0 Å². The van der Waals surface area contributed by atoms with E-state index in [0.717, 1.165) is 0 Å². The molecule has 0 fully saturated rings. The fourth-order valence-corrected chi connectivity index (χ4v) is 1.08. The van der Waals surface area contributed by atoms with Gasteiger partial charge in [0.1, 0.15) is 0 Å². The van der Waals surface area contributed by atoms with E-state index in [4.69, 9.17) is 0 Å². The zero-order chi connectivity index (χ0) is 16.0. The van der Waals surface area contributed by atoms with Crippen LogP contribution in [0.2, 0.25) is 0 Å². The van der Waals surface area contributed by atoms with Gasteiger partial charge in [-0.15, -0.1) is 0 Å². The van der Waals surface area contributed by atoms with E-state index in [0.29, 0.717) is 25.7 Å². The van der Waals surface area contributed by atoms with Gasteiger partial charge in [0.2, 0.25) is 0 Å². The third kappa shape index (κ3) is 36.6. The van der Waals surface area contributed by atoms with E-state index in [-0.39, 0.29) is 71.8 Å². The van der Waals surface area contributed by atoms with Gasteiger partial charge in [0.25, 0.3) is 0 Å². The molecule has 0 aromatic heterocycles. The van der Waals surface area contributed by atoms with Gasteiger partial charge in [0.05, 0.1) is 0 Å². The monoisotopic (exact) mass is 336 g/mol. The van der Waals surface area contributed by atoms with Gasteiger partial charge in [-0.05, 0) is 51.4 Å². The van der Waals surface area contributed by atoms with Crippen molar-refractivity contribution in [1.29, 1.82) is 0 Å². The zero-order valence-electron chi connectivity index (χ0n) is 12.3. The Morgan fingerprint density at radius 3 is 0.682 bits per heavy atom. The summed E-state index contributed by atoms with van der Waals surface area (Å²) >= 11 is 0. The Bertz CT molecular complexity index is 269. The molecule has 0 radical (unpaired) electrons. The number of hydrogen-bond donors (Lipinski definition) is 0. The maximum absolute atomic E-state index is 9.77. The summed E-state index contributed by atoms with van der Waals surface area (Å²) in [4.78, 5) is 39.1. The molecule has 0 bridgehead atoms. The van der Waals surface area contributed by atoms with Crippen molar-refractivity contribution < 1.29 is 39.6 Å². The minimum absolute atomic E-state index is 0. The van der Waals surface area contributed by atoms with Crippen LogP contribution in [0.25, 0.3) is 0 Å². The van der Waals surface area contributed by atoms with E-state index in [1.54, 1.807) is 0 Å². The largest absolute Gasteiger partial charge is 2.00 e. The summed E-state index contributed by atoms with van der Waals surface area (Å²) in [6, 6.07) is 0. The Morgan fingerprint density at radius 1 is 0.455 bits per heavy atom. The molecule has 0 saturated carbocycles. The SMILES string of the molecule is O=C([O-])CCCCC(=O)[O-].O=C([O-])CCCCC(=O)[O-].[Mg+2].[Mg+2]. The van der Waals surface area contributed by atoms with Crippen LogP contribution in [-0.4, -0.2) is 70.0 Å². The molecule has 0 N–H and O–H groups in total. The standard InChI is InChI=1S/2C6H10O4.2Mg/c2*7-5(8)3-1-2-4-6(9)10;;/h2*1-4H2,(H,7,8)(H,9,10);;/q;;2*+2/p-4. The van der Waals surface area contributed by atoms with Crippen LogP contribution in [0.4, 0.5) is 0 Å². The minimum atomic E-state index is -1.14. The molecule has 116 valence electrons. The molecule has 0 rings (SSSR count). The van der Waals surface area contributed by atoms with Crippen molar-refractivity contribution in [3.63, 3.8) is 0 Å². The fourth-order valence-electron chi connectivity index (χ4n) is 1.08. The first-order valence-electron chi connectivity index (χ1n) is 6.05. The predicted molar refractivity (Wildman–Crippen MR) is 68.5 cm³/mol. The van der Waals surface area contributed by atoms with Crippen LogP contribution < -0.4 is 20.4 Å². The topological polar surface area (TPSA) is 161 Å². The maximum atomic E-state index is 9.77. The van der Waals surface area contributed by atoms with Crippen LogP contribution in [0.15, 0.2) is 0 Å². The third-order valence-corrected chi connectivity index (χ3v) is 2.02. The van der Waals surface area contributed by atoms with Crippen LogP contribution in [0.3, 0.4) is 0 Å². The summed E-state index contributed by atoms with van der Waals surface area (Å²) < 4.78 is 0. The van der Waals surface area contributed by atoms with E-state index in [1.807, 2.05) is 0 Å². The van der Waals surface area contributed by atoms with Crippen molar-refractivity contribution in [1.82, 2.24) is 0 Å². The number of unbranched alkanes of at least 4 members (excludes halogenated alkanes) is 2. The van der Waals surface area contributed by atoms with Crippen LogP contribution in [0.1, 0.15) is 51.4 Å². The summed E-state index contributed by atoms with van der Waals surface area (Å²) in [7, 11) is 0. The number of rotatable bonds is 10. The Labute approximate surface area is 160 Å². The van der Waals surface area contributed by atoms with E-state index in [9.17, 15) is 39.6 Å². The number of hydrogen-bond acceptors (Lipinski definition) is 8. The van der Waals surface area contributed by atoms with Gasteiger partial charge in [-0.2, -0.15) is 0 Å². The number of carbonyl (C=O) groups is 4. The second kappa shape index (κ2) is 20.4. The molecule has 0 aliphatic carbocycles. The molecule has 0 aliphatic rings. The van der Waals surface area contributed by atoms with Crippen molar-refractivity contribution in [2.24, 2.45) is 0 Å². The molecule has 0 saturated heterocycles. The summed E-state index contributed by atoms with van der Waals surface area (Å²) in [5.41, 5.74) is 0. The van der Waals surface area contributed by atoms with Gasteiger partial charge in [-0.3, -0.25) is 0 Å². The zero-order valence-corrected chi connectivity index (χ0v) is 15.2. The van der Waals surface area contributed by atoms with Crippen LogP contribution >= 0.6 is 0 Å². The summed E-state index contributed by atoms with van der Waals surface area (Å²) in [6.07, 6.45) is 1.07. The molecule has 22 heavy (non-hydrogen) atoms.